The fourth-order valence-corrected chi connectivity index (χ4v) is 5.89. The lowest BCUT2D eigenvalue weighted by molar-refractivity contribution is 0.524. The molecule has 1 N–H and O–H groups in total. The van der Waals surface area contributed by atoms with Gasteiger partial charge in [0.25, 0.3) is 0 Å². The van der Waals surface area contributed by atoms with Gasteiger partial charge in [0.15, 0.2) is 0 Å². The highest BCUT2D eigenvalue weighted by Gasteiger charge is 2.28. The van der Waals surface area contributed by atoms with E-state index in [1.807, 2.05) is 24.3 Å². The highest BCUT2D eigenvalue weighted by Crippen LogP contribution is 2.33. The van der Waals surface area contributed by atoms with E-state index in [1.165, 1.54) is 12.1 Å². The molecule has 1 aromatic heterocycles. The predicted molar refractivity (Wildman–Crippen MR) is 137 cm³/mol. The van der Waals surface area contributed by atoms with Crippen LogP contribution in [-0.4, -0.2) is 26.0 Å². The number of benzene rings is 3. The second-order valence-corrected chi connectivity index (χ2v) is 10.6. The zero-order valence-electron chi connectivity index (χ0n) is 19.1. The van der Waals surface area contributed by atoms with E-state index in [0.29, 0.717) is 25.2 Å². The van der Waals surface area contributed by atoms with Crippen LogP contribution in [0.25, 0.3) is 11.1 Å². The van der Waals surface area contributed by atoms with Crippen LogP contribution in [0.5, 0.6) is 0 Å². The molecule has 0 saturated carbocycles. The second kappa shape index (κ2) is 9.98. The van der Waals surface area contributed by atoms with Gasteiger partial charge in [-0.1, -0.05) is 54.6 Å². The van der Waals surface area contributed by atoms with Crippen molar-refractivity contribution in [2.24, 2.45) is 0 Å². The first kappa shape index (κ1) is 23.2. The Morgan fingerprint density at radius 2 is 1.66 bits per heavy atom. The SMILES string of the molecule is O=S(=O)(Cc1ccccn1)NC1Cc2cc(-c3ccc(F)cc3)ccc2N(Cc2ccccc2)C1. The summed E-state index contributed by atoms with van der Waals surface area (Å²) in [6.45, 7) is 1.22. The molecule has 0 fully saturated rings. The Balaban J connectivity index is 1.44. The molecule has 0 aliphatic carbocycles. The number of fused-ring (bicyclic) bond motifs is 1. The number of pyridine rings is 1. The molecule has 5 nitrogen and oxygen atoms in total. The van der Waals surface area contributed by atoms with E-state index in [1.54, 1.807) is 36.5 Å². The zero-order valence-corrected chi connectivity index (χ0v) is 20.0. The fourth-order valence-electron chi connectivity index (χ4n) is 4.58. The van der Waals surface area contributed by atoms with Crippen molar-refractivity contribution in [1.82, 2.24) is 9.71 Å². The Morgan fingerprint density at radius 1 is 0.914 bits per heavy atom. The number of sulfonamides is 1. The summed E-state index contributed by atoms with van der Waals surface area (Å²) in [7, 11) is -3.58. The van der Waals surface area contributed by atoms with Crippen molar-refractivity contribution in [2.75, 3.05) is 11.4 Å². The third kappa shape index (κ3) is 5.75. The highest BCUT2D eigenvalue weighted by molar-refractivity contribution is 7.88. The van der Waals surface area contributed by atoms with Gasteiger partial charge in [0, 0.05) is 31.0 Å². The topological polar surface area (TPSA) is 62.3 Å². The van der Waals surface area contributed by atoms with Gasteiger partial charge in [-0.3, -0.25) is 4.98 Å². The summed E-state index contributed by atoms with van der Waals surface area (Å²) in [4.78, 5) is 6.38. The van der Waals surface area contributed by atoms with Crippen LogP contribution < -0.4 is 9.62 Å². The molecule has 2 heterocycles. The van der Waals surface area contributed by atoms with Crippen LogP contribution in [-0.2, 0) is 28.7 Å². The van der Waals surface area contributed by atoms with Crippen molar-refractivity contribution in [2.45, 2.75) is 24.8 Å². The Labute approximate surface area is 205 Å². The largest absolute Gasteiger partial charge is 0.365 e. The molecule has 1 unspecified atom stereocenters. The maximum atomic E-state index is 13.4. The van der Waals surface area contributed by atoms with Gasteiger partial charge in [-0.25, -0.2) is 17.5 Å². The summed E-state index contributed by atoms with van der Waals surface area (Å²) >= 11 is 0. The third-order valence-electron chi connectivity index (χ3n) is 6.13. The number of rotatable bonds is 7. The maximum absolute atomic E-state index is 13.4. The number of hydrogen-bond acceptors (Lipinski definition) is 4. The van der Waals surface area contributed by atoms with Crippen molar-refractivity contribution in [3.63, 3.8) is 0 Å². The monoisotopic (exact) mass is 487 g/mol. The molecule has 1 aliphatic rings. The molecule has 0 radical (unpaired) electrons. The molecule has 4 aromatic rings. The molecule has 5 rings (SSSR count). The highest BCUT2D eigenvalue weighted by atomic mass is 32.2. The van der Waals surface area contributed by atoms with E-state index in [-0.39, 0.29) is 17.6 Å². The molecule has 1 aliphatic heterocycles. The number of anilines is 1. The van der Waals surface area contributed by atoms with Gasteiger partial charge in [0.05, 0.1) is 5.69 Å². The first-order valence-electron chi connectivity index (χ1n) is 11.5. The molecule has 0 bridgehead atoms. The van der Waals surface area contributed by atoms with Gasteiger partial charge in [-0.05, 0) is 65.1 Å². The van der Waals surface area contributed by atoms with Crippen molar-refractivity contribution >= 4 is 15.7 Å². The molecule has 0 spiro atoms. The van der Waals surface area contributed by atoms with Gasteiger partial charge < -0.3 is 4.90 Å². The van der Waals surface area contributed by atoms with Crippen LogP contribution in [0.3, 0.4) is 0 Å². The Hall–Kier alpha value is -3.55. The van der Waals surface area contributed by atoms with E-state index in [2.05, 4.69) is 38.9 Å². The van der Waals surface area contributed by atoms with Crippen molar-refractivity contribution < 1.29 is 12.8 Å². The smallest absolute Gasteiger partial charge is 0.217 e. The van der Waals surface area contributed by atoms with Crippen LogP contribution >= 0.6 is 0 Å². The number of halogens is 1. The summed E-state index contributed by atoms with van der Waals surface area (Å²) in [5, 5.41) is 0. The Kier molecular flexibility index (Phi) is 6.61. The molecule has 0 amide bonds. The minimum Gasteiger partial charge on any atom is -0.365 e. The first-order valence-corrected chi connectivity index (χ1v) is 13.2. The lowest BCUT2D eigenvalue weighted by Crippen LogP contribution is -2.48. The van der Waals surface area contributed by atoms with Crippen molar-refractivity contribution in [3.05, 3.63) is 120 Å². The standard InChI is InChI=1S/C28H26FN3O2S/c29-25-12-9-22(10-13-25)23-11-14-28-24(16-23)17-27(19-32(28)18-21-6-2-1-3-7-21)31-35(33,34)20-26-8-4-5-15-30-26/h1-16,27,31H,17-20H2. The Morgan fingerprint density at radius 3 is 2.40 bits per heavy atom. The van der Waals surface area contributed by atoms with Crippen LogP contribution in [0, 0.1) is 5.82 Å². The molecule has 178 valence electrons. The fraction of sp³-hybridized carbons (Fsp3) is 0.179. The molecule has 7 heteroatoms. The molecule has 1 atom stereocenters. The predicted octanol–water partition coefficient (Wildman–Crippen LogP) is 4.94. The summed E-state index contributed by atoms with van der Waals surface area (Å²) < 4.78 is 42.3. The molecule has 35 heavy (non-hydrogen) atoms. The van der Waals surface area contributed by atoms with Crippen molar-refractivity contribution in [3.8, 4) is 11.1 Å². The van der Waals surface area contributed by atoms with Crippen LogP contribution in [0.2, 0.25) is 0 Å². The molecule has 3 aromatic carbocycles. The summed E-state index contributed by atoms with van der Waals surface area (Å²) in [6.07, 6.45) is 2.16. The quantitative estimate of drug-likeness (QED) is 0.401. The van der Waals surface area contributed by atoms with Gasteiger partial charge in [0.1, 0.15) is 11.6 Å². The minimum atomic E-state index is -3.58. The van der Waals surface area contributed by atoms with Crippen LogP contribution in [0.1, 0.15) is 16.8 Å². The summed E-state index contributed by atoms with van der Waals surface area (Å²) in [6, 6.07) is 27.7. The van der Waals surface area contributed by atoms with Crippen LogP contribution in [0.4, 0.5) is 10.1 Å². The normalized spacial score (nSPS) is 15.6. The number of hydrogen-bond donors (Lipinski definition) is 1. The lowest BCUT2D eigenvalue weighted by Gasteiger charge is -2.36. The van der Waals surface area contributed by atoms with E-state index in [4.69, 9.17) is 0 Å². The molecule has 0 saturated heterocycles. The van der Waals surface area contributed by atoms with E-state index in [9.17, 15) is 12.8 Å². The Bertz CT molecular complexity index is 1400. The second-order valence-electron chi connectivity index (χ2n) is 8.82. The molecular weight excluding hydrogens is 461 g/mol. The number of aromatic nitrogens is 1. The lowest BCUT2D eigenvalue weighted by atomic mass is 9.94. The van der Waals surface area contributed by atoms with Crippen molar-refractivity contribution in [1.29, 1.82) is 0 Å². The number of nitrogens with zero attached hydrogens (tertiary/aromatic N) is 2. The van der Waals surface area contributed by atoms with Crippen LogP contribution in [0.15, 0.2) is 97.2 Å². The summed E-state index contributed by atoms with van der Waals surface area (Å²) in [5.74, 6) is -0.436. The van der Waals surface area contributed by atoms with Gasteiger partial charge in [-0.2, -0.15) is 0 Å². The molecular formula is C28H26FN3O2S. The van der Waals surface area contributed by atoms with Gasteiger partial charge in [0.2, 0.25) is 10.0 Å². The van der Waals surface area contributed by atoms with Gasteiger partial charge >= 0.3 is 0 Å². The zero-order chi connectivity index (χ0) is 24.3. The summed E-state index contributed by atoms with van der Waals surface area (Å²) in [5.41, 5.74) is 5.69. The maximum Gasteiger partial charge on any atom is 0.217 e. The van der Waals surface area contributed by atoms with E-state index < -0.39 is 10.0 Å². The van der Waals surface area contributed by atoms with E-state index in [0.717, 1.165) is 27.9 Å². The van der Waals surface area contributed by atoms with E-state index >= 15 is 0 Å². The first-order chi connectivity index (χ1) is 16.9. The average Bonchev–Trinajstić information content (AvgIpc) is 2.85. The third-order valence-corrected chi connectivity index (χ3v) is 7.50. The average molecular weight is 488 g/mol. The minimum absolute atomic E-state index is 0.161. The number of nitrogens with one attached hydrogen (secondary N) is 1. The van der Waals surface area contributed by atoms with Gasteiger partial charge in [-0.15, -0.1) is 0 Å².